The first-order valence-corrected chi connectivity index (χ1v) is 11.5. The molecular formula is C24H30O2S. The van der Waals surface area contributed by atoms with Crippen LogP contribution in [0.4, 0.5) is 0 Å². The first-order chi connectivity index (χ1) is 12.9. The molecule has 3 heteroatoms. The summed E-state index contributed by atoms with van der Waals surface area (Å²) in [5, 5.41) is 12.2. The van der Waals surface area contributed by atoms with Crippen LogP contribution < -0.4 is 0 Å². The van der Waals surface area contributed by atoms with E-state index < -0.39 is 0 Å². The van der Waals surface area contributed by atoms with Gasteiger partial charge in [0.2, 0.25) is 0 Å². The van der Waals surface area contributed by atoms with Crippen LogP contribution in [0.25, 0.3) is 6.08 Å². The fourth-order valence-corrected chi connectivity index (χ4v) is 7.67. The maximum Gasteiger partial charge on any atom is 0.165 e. The molecule has 1 aromatic heterocycles. The normalized spacial score (nSPS) is 45.2. The number of aliphatic hydroxyl groups is 1. The summed E-state index contributed by atoms with van der Waals surface area (Å²) < 4.78 is 0. The van der Waals surface area contributed by atoms with Crippen LogP contribution in [0.15, 0.2) is 34.7 Å². The molecule has 4 aliphatic carbocycles. The van der Waals surface area contributed by atoms with Crippen LogP contribution >= 0.6 is 11.3 Å². The van der Waals surface area contributed by atoms with E-state index in [2.05, 4.69) is 43.5 Å². The zero-order chi connectivity index (χ0) is 18.8. The first-order valence-electron chi connectivity index (χ1n) is 10.6. The van der Waals surface area contributed by atoms with E-state index in [4.69, 9.17) is 0 Å². The third-order valence-electron chi connectivity index (χ3n) is 8.58. The molecule has 3 saturated carbocycles. The molecule has 0 spiro atoms. The third kappa shape index (κ3) is 2.57. The molecule has 27 heavy (non-hydrogen) atoms. The van der Waals surface area contributed by atoms with Crippen molar-refractivity contribution < 1.29 is 9.90 Å². The maximum absolute atomic E-state index is 13.4. The van der Waals surface area contributed by atoms with Crippen molar-refractivity contribution in [2.75, 3.05) is 0 Å². The Labute approximate surface area is 166 Å². The largest absolute Gasteiger partial charge is 0.393 e. The van der Waals surface area contributed by atoms with Gasteiger partial charge in [-0.2, -0.15) is 0 Å². The van der Waals surface area contributed by atoms with Crippen molar-refractivity contribution in [1.29, 1.82) is 0 Å². The van der Waals surface area contributed by atoms with E-state index in [0.29, 0.717) is 23.5 Å². The van der Waals surface area contributed by atoms with Crippen molar-refractivity contribution in [2.24, 2.45) is 28.6 Å². The van der Waals surface area contributed by atoms with Crippen LogP contribution in [-0.2, 0) is 4.79 Å². The molecule has 0 saturated heterocycles. The van der Waals surface area contributed by atoms with Gasteiger partial charge in [0.15, 0.2) is 5.78 Å². The van der Waals surface area contributed by atoms with Gasteiger partial charge < -0.3 is 5.11 Å². The molecule has 0 bridgehead atoms. The summed E-state index contributed by atoms with van der Waals surface area (Å²) in [5.74, 6) is 2.19. The summed E-state index contributed by atoms with van der Waals surface area (Å²) in [6.07, 6.45) is 11.6. The van der Waals surface area contributed by atoms with Gasteiger partial charge in [0.05, 0.1) is 6.10 Å². The Kier molecular flexibility index (Phi) is 4.07. The number of aliphatic hydroxyl groups excluding tert-OH is 1. The number of fused-ring (bicyclic) bond motifs is 5. The van der Waals surface area contributed by atoms with Gasteiger partial charge in [-0.15, -0.1) is 11.3 Å². The number of carbonyl (C=O) groups excluding carboxylic acids is 1. The van der Waals surface area contributed by atoms with Gasteiger partial charge in [-0.05, 0) is 91.2 Å². The highest BCUT2D eigenvalue weighted by molar-refractivity contribution is 7.10. The SMILES string of the molecule is C[C@@]12CCC3C(CC=C4CC(O)CC[C@]43C)C1C/C(=C/c1cccs1)C2=O. The molecule has 0 radical (unpaired) electrons. The molecule has 2 nitrogen and oxygen atoms in total. The van der Waals surface area contributed by atoms with Crippen LogP contribution in [0, 0.1) is 28.6 Å². The lowest BCUT2D eigenvalue weighted by molar-refractivity contribution is -0.130. The zero-order valence-corrected chi connectivity index (χ0v) is 17.2. The lowest BCUT2D eigenvalue weighted by Crippen LogP contribution is -2.50. The Bertz CT molecular complexity index is 819. The van der Waals surface area contributed by atoms with Crippen molar-refractivity contribution in [3.05, 3.63) is 39.6 Å². The minimum absolute atomic E-state index is 0.150. The molecule has 144 valence electrons. The van der Waals surface area contributed by atoms with Crippen LogP contribution in [-0.4, -0.2) is 17.0 Å². The lowest BCUT2D eigenvalue weighted by Gasteiger charge is -2.56. The lowest BCUT2D eigenvalue weighted by atomic mass is 9.48. The first kappa shape index (κ1) is 17.9. The van der Waals surface area contributed by atoms with Crippen LogP contribution in [0.3, 0.4) is 0 Å². The van der Waals surface area contributed by atoms with Crippen molar-refractivity contribution in [3.63, 3.8) is 0 Å². The average Bonchev–Trinajstić information content (AvgIpc) is 3.24. The molecule has 1 N–H and O–H groups in total. The standard InChI is InChI=1S/C24H30O2S/c1-23-9-7-17(25)14-16(23)5-6-19-20(23)8-10-24(2)21(19)13-15(22(24)26)12-18-4-3-11-27-18/h3-5,11-12,17,19-21,25H,6-10,13-14H2,1-2H3/b15-12-/t17?,19?,20?,21?,23-,24-/m1/s1. The van der Waals surface area contributed by atoms with Crippen LogP contribution in [0.2, 0.25) is 0 Å². The van der Waals surface area contributed by atoms with E-state index >= 15 is 0 Å². The van der Waals surface area contributed by atoms with Gasteiger partial charge in [0, 0.05) is 10.3 Å². The molecule has 3 fully saturated rings. The number of thiophene rings is 1. The van der Waals surface area contributed by atoms with Crippen LogP contribution in [0.1, 0.15) is 63.7 Å². The van der Waals surface area contributed by atoms with Crippen molar-refractivity contribution in [3.8, 4) is 0 Å². The molecule has 4 unspecified atom stereocenters. The highest BCUT2D eigenvalue weighted by Crippen LogP contribution is 2.64. The Balaban J connectivity index is 1.49. The van der Waals surface area contributed by atoms with Crippen molar-refractivity contribution in [1.82, 2.24) is 0 Å². The summed E-state index contributed by atoms with van der Waals surface area (Å²) in [6.45, 7) is 4.70. The third-order valence-corrected chi connectivity index (χ3v) is 9.40. The second kappa shape index (κ2) is 6.15. The van der Waals surface area contributed by atoms with E-state index in [1.54, 1.807) is 11.3 Å². The van der Waals surface area contributed by atoms with Crippen molar-refractivity contribution >= 4 is 23.2 Å². The topological polar surface area (TPSA) is 37.3 Å². The summed E-state index contributed by atoms with van der Waals surface area (Å²) in [5.41, 5.74) is 2.64. The molecule has 0 aliphatic heterocycles. The molecule has 1 aromatic rings. The summed E-state index contributed by atoms with van der Waals surface area (Å²) >= 11 is 1.72. The van der Waals surface area contributed by atoms with E-state index in [9.17, 15) is 9.90 Å². The second-order valence-corrected chi connectivity index (χ2v) is 10.8. The Hall–Kier alpha value is -1.19. The molecule has 1 heterocycles. The van der Waals surface area contributed by atoms with Gasteiger partial charge >= 0.3 is 0 Å². The number of hydrogen-bond acceptors (Lipinski definition) is 3. The predicted octanol–water partition coefficient (Wildman–Crippen LogP) is 5.63. The number of Topliss-reactive ketones (excluding diaryl/α,β-unsaturated/α-hetero) is 1. The second-order valence-electron chi connectivity index (χ2n) is 9.83. The number of carbonyl (C=O) groups is 1. The van der Waals surface area contributed by atoms with Gasteiger partial charge in [-0.25, -0.2) is 0 Å². The highest BCUT2D eigenvalue weighted by Gasteiger charge is 2.59. The number of allylic oxidation sites excluding steroid dienone is 2. The summed E-state index contributed by atoms with van der Waals surface area (Å²) in [6, 6.07) is 4.18. The molecule has 0 aromatic carbocycles. The zero-order valence-electron chi connectivity index (χ0n) is 16.4. The van der Waals surface area contributed by atoms with Gasteiger partial charge in [-0.1, -0.05) is 31.6 Å². The molecule has 5 rings (SSSR count). The van der Waals surface area contributed by atoms with E-state index in [0.717, 1.165) is 44.1 Å². The van der Waals surface area contributed by atoms with E-state index in [1.807, 2.05) is 0 Å². The Morgan fingerprint density at radius 1 is 1.15 bits per heavy atom. The number of rotatable bonds is 1. The Morgan fingerprint density at radius 3 is 2.74 bits per heavy atom. The quantitative estimate of drug-likeness (QED) is 0.504. The molecule has 4 aliphatic rings. The van der Waals surface area contributed by atoms with Crippen molar-refractivity contribution in [2.45, 2.75) is 64.9 Å². The monoisotopic (exact) mass is 382 g/mol. The van der Waals surface area contributed by atoms with Gasteiger partial charge in [0.25, 0.3) is 0 Å². The predicted molar refractivity (Wildman–Crippen MR) is 110 cm³/mol. The van der Waals surface area contributed by atoms with E-state index in [1.165, 1.54) is 16.9 Å². The average molecular weight is 383 g/mol. The smallest absolute Gasteiger partial charge is 0.165 e. The van der Waals surface area contributed by atoms with E-state index in [-0.39, 0.29) is 16.9 Å². The fraction of sp³-hybridized carbons (Fsp3) is 0.625. The summed E-state index contributed by atoms with van der Waals surface area (Å²) in [7, 11) is 0. The minimum atomic E-state index is -0.167. The van der Waals surface area contributed by atoms with Gasteiger partial charge in [-0.3, -0.25) is 4.79 Å². The molecule has 6 atom stereocenters. The van der Waals surface area contributed by atoms with Crippen LogP contribution in [0.5, 0.6) is 0 Å². The molecule has 0 amide bonds. The Morgan fingerprint density at radius 2 is 1.96 bits per heavy atom. The fourth-order valence-electron chi connectivity index (χ4n) is 6.99. The summed E-state index contributed by atoms with van der Waals surface area (Å²) in [4.78, 5) is 14.6. The highest BCUT2D eigenvalue weighted by atomic mass is 32.1. The van der Waals surface area contributed by atoms with Gasteiger partial charge in [0.1, 0.15) is 0 Å². The minimum Gasteiger partial charge on any atom is -0.393 e. The number of ketones is 1. The number of hydrogen-bond donors (Lipinski definition) is 1. The molecular weight excluding hydrogens is 352 g/mol. The maximum atomic E-state index is 13.4.